The number of nitrogens with zero attached hydrogens (tertiary/aromatic N) is 1. The second-order valence-corrected chi connectivity index (χ2v) is 5.21. The zero-order valence-electron chi connectivity index (χ0n) is 9.56. The fraction of sp³-hybridized carbons (Fsp3) is 0.636. The molecule has 0 aromatic carbocycles. The second-order valence-electron chi connectivity index (χ2n) is 4.26. The van der Waals surface area contributed by atoms with Crippen molar-refractivity contribution in [3.05, 3.63) is 16.1 Å². The Labute approximate surface area is 104 Å². The Bertz CT molecular complexity index is 394. The smallest absolute Gasteiger partial charge is 0.271 e. The molecule has 2 unspecified atom stereocenters. The molecule has 0 saturated heterocycles. The number of carbonyl (C=O) groups is 1. The van der Waals surface area contributed by atoms with Crippen molar-refractivity contribution in [2.75, 3.05) is 0 Å². The van der Waals surface area contributed by atoms with Gasteiger partial charge in [-0.2, -0.15) is 0 Å². The number of hydrogen-bond acceptors (Lipinski definition) is 5. The highest BCUT2D eigenvalue weighted by molar-refractivity contribution is 7.09. The van der Waals surface area contributed by atoms with Gasteiger partial charge in [-0.15, -0.1) is 11.3 Å². The molecule has 1 fully saturated rings. The maximum atomic E-state index is 11.9. The standard InChI is InChI=1S/C11H17N3O2S/c12-5-10-13-8(6-17-10)11(16)14-7-3-1-2-4-9(7)15/h6-7,9,15H,1-5,12H2,(H,14,16). The Kier molecular flexibility index (Phi) is 4.09. The number of aliphatic hydroxyl groups is 1. The lowest BCUT2D eigenvalue weighted by Crippen LogP contribution is -2.45. The highest BCUT2D eigenvalue weighted by atomic mass is 32.1. The minimum absolute atomic E-state index is 0.140. The van der Waals surface area contributed by atoms with Gasteiger partial charge >= 0.3 is 0 Å². The average Bonchev–Trinajstić information content (AvgIpc) is 2.81. The lowest BCUT2D eigenvalue weighted by atomic mass is 9.92. The van der Waals surface area contributed by atoms with E-state index in [0.717, 1.165) is 30.7 Å². The van der Waals surface area contributed by atoms with E-state index >= 15 is 0 Å². The zero-order chi connectivity index (χ0) is 12.3. The summed E-state index contributed by atoms with van der Waals surface area (Å²) in [5.74, 6) is -0.216. The minimum Gasteiger partial charge on any atom is -0.391 e. The van der Waals surface area contributed by atoms with Crippen molar-refractivity contribution in [2.45, 2.75) is 44.4 Å². The Hall–Kier alpha value is -0.980. The molecule has 2 atom stereocenters. The highest BCUT2D eigenvalue weighted by Crippen LogP contribution is 2.19. The van der Waals surface area contributed by atoms with Gasteiger partial charge in [-0.1, -0.05) is 12.8 Å². The molecule has 1 aliphatic carbocycles. The first-order valence-electron chi connectivity index (χ1n) is 5.84. The summed E-state index contributed by atoms with van der Waals surface area (Å²) in [4.78, 5) is 16.0. The molecule has 94 valence electrons. The van der Waals surface area contributed by atoms with Crippen LogP contribution in [0.25, 0.3) is 0 Å². The van der Waals surface area contributed by atoms with Crippen molar-refractivity contribution in [2.24, 2.45) is 5.73 Å². The summed E-state index contributed by atoms with van der Waals surface area (Å²) in [5.41, 5.74) is 5.84. The maximum Gasteiger partial charge on any atom is 0.271 e. The normalized spacial score (nSPS) is 24.6. The van der Waals surface area contributed by atoms with Gasteiger partial charge in [0.15, 0.2) is 0 Å². The topological polar surface area (TPSA) is 88.2 Å². The van der Waals surface area contributed by atoms with Crippen LogP contribution in [0.15, 0.2) is 5.38 Å². The summed E-state index contributed by atoms with van der Waals surface area (Å²) in [6.07, 6.45) is 3.24. The predicted molar refractivity (Wildman–Crippen MR) is 65.7 cm³/mol. The van der Waals surface area contributed by atoms with Crippen molar-refractivity contribution in [1.82, 2.24) is 10.3 Å². The van der Waals surface area contributed by atoms with E-state index in [0.29, 0.717) is 12.2 Å². The number of thiazole rings is 1. The quantitative estimate of drug-likeness (QED) is 0.739. The largest absolute Gasteiger partial charge is 0.391 e. The zero-order valence-corrected chi connectivity index (χ0v) is 10.4. The number of aliphatic hydroxyl groups excluding tert-OH is 1. The summed E-state index contributed by atoms with van der Waals surface area (Å²) >= 11 is 1.38. The van der Waals surface area contributed by atoms with Crippen LogP contribution in [0, 0.1) is 0 Å². The number of hydrogen-bond donors (Lipinski definition) is 3. The Morgan fingerprint density at radius 1 is 1.59 bits per heavy atom. The van der Waals surface area contributed by atoms with E-state index in [-0.39, 0.29) is 11.9 Å². The summed E-state index contributed by atoms with van der Waals surface area (Å²) in [6.45, 7) is 0.351. The van der Waals surface area contributed by atoms with Gasteiger partial charge in [0.05, 0.1) is 12.1 Å². The Balaban J connectivity index is 1.96. The van der Waals surface area contributed by atoms with E-state index < -0.39 is 6.10 Å². The van der Waals surface area contributed by atoms with Crippen molar-refractivity contribution < 1.29 is 9.90 Å². The Morgan fingerprint density at radius 2 is 2.35 bits per heavy atom. The van der Waals surface area contributed by atoms with Crippen LogP contribution in [0.1, 0.15) is 41.2 Å². The highest BCUT2D eigenvalue weighted by Gasteiger charge is 2.25. The molecule has 1 aromatic rings. The molecule has 1 aromatic heterocycles. The number of aromatic nitrogens is 1. The molecule has 1 heterocycles. The molecular weight excluding hydrogens is 238 g/mol. The molecule has 1 saturated carbocycles. The van der Waals surface area contributed by atoms with Crippen molar-refractivity contribution >= 4 is 17.2 Å². The third kappa shape index (κ3) is 3.02. The van der Waals surface area contributed by atoms with E-state index in [1.165, 1.54) is 11.3 Å². The third-order valence-corrected chi connectivity index (χ3v) is 3.88. The SMILES string of the molecule is NCc1nc(C(=O)NC2CCCCC2O)cs1. The summed E-state index contributed by atoms with van der Waals surface area (Å²) in [6, 6.07) is -0.140. The predicted octanol–water partition coefficient (Wildman–Crippen LogP) is 0.635. The number of nitrogens with two attached hydrogens (primary N) is 1. The van der Waals surface area contributed by atoms with Gasteiger partial charge in [0.25, 0.3) is 5.91 Å². The lowest BCUT2D eigenvalue weighted by molar-refractivity contribution is 0.0714. The van der Waals surface area contributed by atoms with E-state index in [1.807, 2.05) is 0 Å². The summed E-state index contributed by atoms with van der Waals surface area (Å²) in [5, 5.41) is 15.1. The van der Waals surface area contributed by atoms with Crippen LogP contribution in [-0.2, 0) is 6.54 Å². The molecule has 17 heavy (non-hydrogen) atoms. The van der Waals surface area contributed by atoms with Crippen molar-refractivity contribution in [3.8, 4) is 0 Å². The van der Waals surface area contributed by atoms with E-state index in [9.17, 15) is 9.90 Å². The van der Waals surface area contributed by atoms with Gasteiger partial charge < -0.3 is 16.2 Å². The summed E-state index contributed by atoms with van der Waals surface area (Å²) in [7, 11) is 0. The fourth-order valence-corrected chi connectivity index (χ4v) is 2.69. The molecule has 1 aliphatic rings. The molecule has 2 rings (SSSR count). The molecule has 0 aliphatic heterocycles. The summed E-state index contributed by atoms with van der Waals surface area (Å²) < 4.78 is 0. The molecular formula is C11H17N3O2S. The van der Waals surface area contributed by atoms with Crippen LogP contribution < -0.4 is 11.1 Å². The van der Waals surface area contributed by atoms with Gasteiger partial charge in [0, 0.05) is 11.9 Å². The molecule has 6 heteroatoms. The minimum atomic E-state index is -0.430. The molecule has 0 bridgehead atoms. The molecule has 4 N–H and O–H groups in total. The first-order chi connectivity index (χ1) is 8.20. The van der Waals surface area contributed by atoms with Crippen LogP contribution in [0.5, 0.6) is 0 Å². The van der Waals surface area contributed by atoms with E-state index in [4.69, 9.17) is 5.73 Å². The molecule has 1 amide bonds. The molecule has 0 radical (unpaired) electrons. The van der Waals surface area contributed by atoms with E-state index in [1.54, 1.807) is 5.38 Å². The number of rotatable bonds is 3. The second kappa shape index (κ2) is 5.57. The van der Waals surface area contributed by atoms with E-state index in [2.05, 4.69) is 10.3 Å². The fourth-order valence-electron chi connectivity index (χ4n) is 2.03. The Morgan fingerprint density at radius 3 is 3.00 bits per heavy atom. The van der Waals surface area contributed by atoms with Gasteiger partial charge in [0.1, 0.15) is 10.7 Å². The van der Waals surface area contributed by atoms with Gasteiger partial charge in [-0.25, -0.2) is 4.98 Å². The number of amides is 1. The van der Waals surface area contributed by atoms with Crippen LogP contribution >= 0.6 is 11.3 Å². The van der Waals surface area contributed by atoms with Gasteiger partial charge in [0.2, 0.25) is 0 Å². The first kappa shape index (κ1) is 12.5. The van der Waals surface area contributed by atoms with Gasteiger partial charge in [-0.3, -0.25) is 4.79 Å². The molecule has 0 spiro atoms. The van der Waals surface area contributed by atoms with Crippen LogP contribution in [0.3, 0.4) is 0 Å². The van der Waals surface area contributed by atoms with Crippen LogP contribution in [0.2, 0.25) is 0 Å². The van der Waals surface area contributed by atoms with Gasteiger partial charge in [-0.05, 0) is 12.8 Å². The number of carbonyl (C=O) groups excluding carboxylic acids is 1. The first-order valence-corrected chi connectivity index (χ1v) is 6.72. The van der Waals surface area contributed by atoms with Crippen molar-refractivity contribution in [3.63, 3.8) is 0 Å². The third-order valence-electron chi connectivity index (χ3n) is 3.00. The van der Waals surface area contributed by atoms with Crippen molar-refractivity contribution in [1.29, 1.82) is 0 Å². The monoisotopic (exact) mass is 255 g/mol. The lowest BCUT2D eigenvalue weighted by Gasteiger charge is -2.27. The average molecular weight is 255 g/mol. The van der Waals surface area contributed by atoms with Crippen LogP contribution in [0.4, 0.5) is 0 Å². The molecule has 5 nitrogen and oxygen atoms in total. The van der Waals surface area contributed by atoms with Crippen LogP contribution in [-0.4, -0.2) is 28.1 Å². The number of nitrogens with one attached hydrogen (secondary N) is 1. The maximum absolute atomic E-state index is 11.9.